The minimum absolute atomic E-state index is 0.0296. The van der Waals surface area contributed by atoms with E-state index in [2.05, 4.69) is 15.3 Å². The molecule has 0 radical (unpaired) electrons. The fourth-order valence-electron chi connectivity index (χ4n) is 8.45. The number of allylic oxidation sites excluding steroid dienone is 2. The van der Waals surface area contributed by atoms with Gasteiger partial charge >= 0.3 is 5.79 Å². The molecule has 2 saturated heterocycles. The van der Waals surface area contributed by atoms with Gasteiger partial charge in [-0.3, -0.25) is 14.6 Å². The maximum Gasteiger partial charge on any atom is 0.312 e. The van der Waals surface area contributed by atoms with Gasteiger partial charge in [0.1, 0.15) is 17.2 Å². The van der Waals surface area contributed by atoms with Gasteiger partial charge in [-0.1, -0.05) is 45.9 Å². The number of aliphatic hydroxyl groups is 2. The molecule has 15 nitrogen and oxygen atoms in total. The Bertz CT molecular complexity index is 2070. The number of likely N-dealkylation sites (N-methyl/N-ethyl adjacent to an activating group) is 1. The third-order valence-corrected chi connectivity index (χ3v) is 12.8. The Labute approximate surface area is 339 Å². The van der Waals surface area contributed by atoms with E-state index in [0.717, 1.165) is 13.1 Å². The number of Topliss-reactive ketones (excluding diaryl/α,β-unsaturated/α-hetero) is 1. The van der Waals surface area contributed by atoms with E-state index < -0.39 is 70.5 Å². The van der Waals surface area contributed by atoms with E-state index in [4.69, 9.17) is 18.9 Å². The molecule has 58 heavy (non-hydrogen) atoms. The van der Waals surface area contributed by atoms with Crippen molar-refractivity contribution in [1.82, 2.24) is 9.91 Å². The van der Waals surface area contributed by atoms with Crippen molar-refractivity contribution in [3.05, 3.63) is 52.8 Å². The summed E-state index contributed by atoms with van der Waals surface area (Å²) in [5, 5.41) is 67.1. The molecule has 10 atom stereocenters. The first-order valence-electron chi connectivity index (χ1n) is 19.8. The maximum absolute atomic E-state index is 14.4. The number of benzene rings is 2. The van der Waals surface area contributed by atoms with Crippen LogP contribution < -0.4 is 10.1 Å². The number of nitrogens with one attached hydrogen (secondary N) is 1. The van der Waals surface area contributed by atoms with Crippen LogP contribution in [0, 0.1) is 30.6 Å². The van der Waals surface area contributed by atoms with E-state index in [9.17, 15) is 35.1 Å². The minimum Gasteiger partial charge on any atom is -0.507 e. The summed E-state index contributed by atoms with van der Waals surface area (Å²) in [6.07, 6.45) is 6.23. The number of hydrogen-bond donors (Lipinski definition) is 6. The first-order valence-corrected chi connectivity index (χ1v) is 19.8. The van der Waals surface area contributed by atoms with Crippen molar-refractivity contribution < 1.29 is 54.1 Å². The molecule has 2 aromatic carbocycles. The summed E-state index contributed by atoms with van der Waals surface area (Å²) in [6, 6.07) is 0. The van der Waals surface area contributed by atoms with Crippen LogP contribution in [0.25, 0.3) is 10.8 Å². The maximum atomic E-state index is 14.4. The zero-order valence-corrected chi connectivity index (χ0v) is 34.9. The summed E-state index contributed by atoms with van der Waals surface area (Å²) in [6.45, 7) is 16.5. The number of phenols is 3. The molecule has 0 aliphatic carbocycles. The second kappa shape index (κ2) is 16.2. The lowest BCUT2D eigenvalue weighted by Gasteiger charge is -2.54. The normalized spacial score (nSPS) is 35.9. The fourth-order valence-corrected chi connectivity index (χ4v) is 8.45. The minimum atomic E-state index is -2.00. The molecular formula is C43H58N4O11. The van der Waals surface area contributed by atoms with Gasteiger partial charge in [-0.15, -0.1) is 0 Å². The molecule has 316 valence electrons. The Kier molecular flexibility index (Phi) is 12.0. The van der Waals surface area contributed by atoms with Gasteiger partial charge in [0.05, 0.1) is 64.7 Å². The first kappa shape index (κ1) is 42.9. The lowest BCUT2D eigenvalue weighted by atomic mass is 9.70. The zero-order valence-electron chi connectivity index (χ0n) is 34.9. The van der Waals surface area contributed by atoms with Crippen LogP contribution in [0.4, 0.5) is 5.69 Å². The van der Waals surface area contributed by atoms with Gasteiger partial charge in [-0.2, -0.15) is 5.10 Å². The molecule has 0 saturated carbocycles. The SMILES string of the molecule is CO[C@H]1/C=C/O[C@@]2(C)Oc3c(C)c(O)c4c(O)c(c(/C=N/N5CCN(C)CC5)c(O)c4c3C2=O)NC(=O)/C(C)=C\C=C\[C@]2(C)O[C@H]([C@@H](C)[C@@H](O)[C@@H](C)[C@H](O)[C@@H]1C)[C@H]2C. The third-order valence-electron chi connectivity index (χ3n) is 12.8. The number of methoxy groups -OCH3 is 1. The van der Waals surface area contributed by atoms with E-state index in [-0.39, 0.29) is 62.4 Å². The van der Waals surface area contributed by atoms with E-state index in [0.29, 0.717) is 13.1 Å². The number of phenolic OH excluding ortho intramolecular Hbond substituents is 3. The second-order valence-corrected chi connectivity index (χ2v) is 16.7. The van der Waals surface area contributed by atoms with Crippen LogP contribution in [-0.2, 0) is 19.0 Å². The van der Waals surface area contributed by atoms with Crippen molar-refractivity contribution in [2.75, 3.05) is 45.7 Å². The molecule has 7 aliphatic rings. The fraction of sp³-hybridized carbons (Fsp3) is 0.558. The van der Waals surface area contributed by atoms with Crippen LogP contribution in [0.2, 0.25) is 0 Å². The summed E-state index contributed by atoms with van der Waals surface area (Å²) in [5.41, 5.74) is -0.870. The van der Waals surface area contributed by atoms with Gasteiger partial charge in [-0.05, 0) is 33.9 Å². The van der Waals surface area contributed by atoms with Crippen molar-refractivity contribution in [2.24, 2.45) is 28.8 Å². The van der Waals surface area contributed by atoms with E-state index in [1.54, 1.807) is 37.9 Å². The number of carbonyl (C=O) groups is 2. The molecule has 2 aromatic rings. The van der Waals surface area contributed by atoms with E-state index in [1.165, 1.54) is 39.5 Å². The van der Waals surface area contributed by atoms with Crippen molar-refractivity contribution >= 4 is 34.4 Å². The van der Waals surface area contributed by atoms with Gasteiger partial charge in [-0.25, -0.2) is 0 Å². The Hall–Kier alpha value is -4.67. The average molecular weight is 807 g/mol. The number of ether oxygens (including phenoxy) is 4. The monoisotopic (exact) mass is 806 g/mol. The number of carbonyl (C=O) groups excluding carboxylic acids is 2. The second-order valence-electron chi connectivity index (χ2n) is 16.7. The summed E-state index contributed by atoms with van der Waals surface area (Å²) < 4.78 is 24.1. The molecule has 0 aromatic heterocycles. The number of amides is 1. The molecule has 7 bridgehead atoms. The molecule has 6 N–H and O–H groups in total. The number of rotatable bonds is 3. The molecule has 7 aliphatic heterocycles. The highest BCUT2D eigenvalue weighted by molar-refractivity contribution is 6.23. The molecule has 2 fully saturated rings. The first-order chi connectivity index (χ1) is 27.3. The molecule has 1 amide bonds. The summed E-state index contributed by atoms with van der Waals surface area (Å²) in [7, 11) is 3.47. The number of aromatic hydroxyl groups is 3. The summed E-state index contributed by atoms with van der Waals surface area (Å²) in [5.74, 6) is -6.52. The molecule has 0 unspecified atom stereocenters. The Balaban J connectivity index is 1.50. The largest absolute Gasteiger partial charge is 0.507 e. The van der Waals surface area contributed by atoms with Gasteiger partial charge < -0.3 is 54.7 Å². The standard InChI is InChI=1S/C43H58N4O11/c1-21-12-11-14-42(7)26(6)38(57-42)24(4)34(49)23(3)33(48)22(2)28(55-10)13-19-56-43(8)40(53)31-29-30(35(50)25(5)39(31)58-43)37(52)32(45-41(21)54)27(36(29)51)20-44-47-17-15-46(9)16-18-47/h11-14,19-20,22-24,26,28,33-34,38,48-52H,15-18H2,1-10H3,(H,45,54)/b14-11+,19-13+,21-12-,44-20+/t22-,23+,24+,26-,28+,33-,34+,38-,42+,43+/m1/s1. The quantitative estimate of drug-likeness (QED) is 0.143. The smallest absolute Gasteiger partial charge is 0.312 e. The molecular weight excluding hydrogens is 748 g/mol. The van der Waals surface area contributed by atoms with Gasteiger partial charge in [0.15, 0.2) is 5.75 Å². The summed E-state index contributed by atoms with van der Waals surface area (Å²) >= 11 is 0. The number of aliphatic hydroxyl groups excluding tert-OH is 2. The Morgan fingerprint density at radius 2 is 1.59 bits per heavy atom. The van der Waals surface area contributed by atoms with Crippen molar-refractivity contribution in [1.29, 1.82) is 0 Å². The summed E-state index contributed by atoms with van der Waals surface area (Å²) in [4.78, 5) is 30.3. The topological polar surface area (TPSA) is 203 Å². The molecule has 15 heteroatoms. The van der Waals surface area contributed by atoms with Gasteiger partial charge in [0.2, 0.25) is 0 Å². The average Bonchev–Trinajstić information content (AvgIpc) is 3.46. The predicted octanol–water partition coefficient (Wildman–Crippen LogP) is 4.56. The predicted molar refractivity (Wildman–Crippen MR) is 218 cm³/mol. The van der Waals surface area contributed by atoms with E-state index in [1.807, 2.05) is 33.9 Å². The number of piperazine rings is 1. The molecule has 0 spiro atoms. The Morgan fingerprint density at radius 1 is 0.931 bits per heavy atom. The lowest BCUT2D eigenvalue weighted by molar-refractivity contribution is -0.251. The zero-order chi connectivity index (χ0) is 42.6. The number of ketones is 1. The van der Waals surface area contributed by atoms with E-state index >= 15 is 0 Å². The van der Waals surface area contributed by atoms with Crippen LogP contribution in [-0.4, -0.2) is 129 Å². The van der Waals surface area contributed by atoms with Crippen molar-refractivity contribution in [2.45, 2.75) is 91.2 Å². The lowest BCUT2D eigenvalue weighted by Crippen LogP contribution is -2.60. The number of hydrazone groups is 1. The number of anilines is 1. The highest BCUT2D eigenvalue weighted by Gasteiger charge is 2.52. The highest BCUT2D eigenvalue weighted by Crippen LogP contribution is 2.55. The number of hydrogen-bond acceptors (Lipinski definition) is 14. The Morgan fingerprint density at radius 3 is 2.22 bits per heavy atom. The van der Waals surface area contributed by atoms with Gasteiger partial charge in [0, 0.05) is 80.4 Å². The van der Waals surface area contributed by atoms with Crippen LogP contribution in [0.5, 0.6) is 23.0 Å². The molecule has 9 rings (SSSR count). The van der Waals surface area contributed by atoms with Crippen LogP contribution in [0.15, 0.2) is 41.2 Å². The van der Waals surface area contributed by atoms with Crippen LogP contribution >= 0.6 is 0 Å². The molecule has 7 heterocycles. The highest BCUT2D eigenvalue weighted by atomic mass is 16.7. The van der Waals surface area contributed by atoms with Crippen molar-refractivity contribution in [3.63, 3.8) is 0 Å². The van der Waals surface area contributed by atoms with Crippen molar-refractivity contribution in [3.8, 4) is 23.0 Å². The van der Waals surface area contributed by atoms with Gasteiger partial charge in [0.25, 0.3) is 11.7 Å². The third kappa shape index (κ3) is 7.43. The number of nitrogens with zero attached hydrogens (tertiary/aromatic N) is 3. The van der Waals surface area contributed by atoms with Crippen LogP contribution in [0.3, 0.4) is 0 Å². The van der Waals surface area contributed by atoms with Crippen LogP contribution in [0.1, 0.15) is 70.0 Å².